The number of carbonyl (C=O) groups is 1. The first kappa shape index (κ1) is 34.7. The zero-order valence-electron chi connectivity index (χ0n) is 28.2. The van der Waals surface area contributed by atoms with E-state index < -0.39 is 5.60 Å². The third-order valence-corrected chi connectivity index (χ3v) is 8.35. The molecule has 0 atom stereocenters. The Morgan fingerprint density at radius 2 is 1.33 bits per heavy atom. The van der Waals surface area contributed by atoms with Crippen LogP contribution >= 0.6 is 0 Å². The molecule has 2 N–H and O–H groups in total. The molecule has 4 aromatic carbocycles. The smallest absolute Gasteiger partial charge is 0.243 e. The van der Waals surface area contributed by atoms with Crippen LogP contribution in [0.4, 0.5) is 4.39 Å². The summed E-state index contributed by atoms with van der Waals surface area (Å²) in [5.74, 6) is -0.394. The van der Waals surface area contributed by atoms with Gasteiger partial charge in [-0.05, 0) is 56.4 Å². The van der Waals surface area contributed by atoms with Gasteiger partial charge in [0, 0.05) is 36.2 Å². The van der Waals surface area contributed by atoms with Gasteiger partial charge in [0.1, 0.15) is 11.5 Å². The fourth-order valence-electron chi connectivity index (χ4n) is 5.72. The summed E-state index contributed by atoms with van der Waals surface area (Å²) < 4.78 is 16.5. The third-order valence-electron chi connectivity index (χ3n) is 8.35. The van der Waals surface area contributed by atoms with E-state index in [4.69, 9.17) is 4.84 Å². The lowest BCUT2D eigenvalue weighted by Crippen LogP contribution is -2.40. The van der Waals surface area contributed by atoms with Crippen LogP contribution in [0.25, 0.3) is 11.3 Å². The fourth-order valence-corrected chi connectivity index (χ4v) is 5.72. The molecule has 0 aliphatic rings. The van der Waals surface area contributed by atoms with E-state index in [0.717, 1.165) is 55.3 Å². The number of nitrogens with zero attached hydrogens (tertiary/aromatic N) is 3. The highest BCUT2D eigenvalue weighted by atomic mass is 19.1. The molecule has 0 saturated heterocycles. The first-order chi connectivity index (χ1) is 23.2. The van der Waals surface area contributed by atoms with Crippen molar-refractivity contribution in [3.63, 3.8) is 0 Å². The van der Waals surface area contributed by atoms with Crippen molar-refractivity contribution in [1.82, 2.24) is 25.8 Å². The number of carbonyl (C=O) groups excluding carboxylic acids is 1. The monoisotopic (exact) mass is 647 g/mol. The lowest BCUT2D eigenvalue weighted by Gasteiger charge is -2.35. The predicted octanol–water partition coefficient (Wildman–Crippen LogP) is 8.35. The number of aryl methyl sites for hydroxylation is 1. The van der Waals surface area contributed by atoms with E-state index >= 15 is 0 Å². The number of aromatic nitrogens is 3. The number of unbranched alkanes of at least 4 members (excludes halogenated alkanes) is 4. The second kappa shape index (κ2) is 16.4. The quantitative estimate of drug-likeness (QED) is 0.0639. The molecule has 0 fully saturated rings. The zero-order valence-corrected chi connectivity index (χ0v) is 28.2. The molecule has 250 valence electrons. The van der Waals surface area contributed by atoms with E-state index in [9.17, 15) is 9.18 Å². The number of rotatable bonds is 16. The minimum absolute atomic E-state index is 0.0838. The van der Waals surface area contributed by atoms with Gasteiger partial charge in [-0.3, -0.25) is 14.3 Å². The Bertz CT molecular complexity index is 1620. The number of amides is 1. The molecule has 0 radical (unpaired) electrons. The van der Waals surface area contributed by atoms with Crippen LogP contribution in [0, 0.1) is 5.82 Å². The summed E-state index contributed by atoms with van der Waals surface area (Å²) in [6.45, 7) is 7.38. The molecular formula is C40H46FN5O2. The minimum atomic E-state index is -0.998. The van der Waals surface area contributed by atoms with Crippen molar-refractivity contribution >= 4 is 5.91 Å². The molecule has 7 nitrogen and oxygen atoms in total. The van der Waals surface area contributed by atoms with Gasteiger partial charge in [0.05, 0.1) is 6.20 Å². The number of halogens is 1. The van der Waals surface area contributed by atoms with E-state index in [1.807, 2.05) is 108 Å². The Hall–Kier alpha value is -4.66. The van der Waals surface area contributed by atoms with Gasteiger partial charge in [-0.1, -0.05) is 128 Å². The van der Waals surface area contributed by atoms with Gasteiger partial charge in [-0.25, -0.2) is 9.87 Å². The highest BCUT2D eigenvalue weighted by molar-refractivity contribution is 5.74. The van der Waals surface area contributed by atoms with Crippen LogP contribution in [-0.2, 0) is 28.3 Å². The van der Waals surface area contributed by atoms with Crippen LogP contribution in [-0.4, -0.2) is 26.4 Å². The lowest BCUT2D eigenvalue weighted by molar-refractivity contribution is -0.143. The summed E-state index contributed by atoms with van der Waals surface area (Å²) >= 11 is 0. The Balaban J connectivity index is 1.07. The van der Waals surface area contributed by atoms with Gasteiger partial charge in [0.2, 0.25) is 5.91 Å². The molecule has 5 rings (SSSR count). The topological polar surface area (TPSA) is 81.1 Å². The number of hydroxylamine groups is 1. The normalized spacial score (nSPS) is 11.8. The molecule has 1 heterocycles. The fraction of sp³-hybridized carbons (Fsp3) is 0.325. The van der Waals surface area contributed by atoms with Gasteiger partial charge < -0.3 is 5.32 Å². The second-order valence-electron chi connectivity index (χ2n) is 13.2. The standard InChI is InChI=1S/C40H46FN5O2/c1-39(2,3)42-29-32-26-25-31(28-36(32)41)37-30-46(45-43-37)27-17-6-4-5-16-24-38(47)44-48-40(33-18-10-7-11-19-33,34-20-12-8-13-21-34)35-22-14-9-15-23-35/h7-15,18-23,25-26,28,30,42H,4-6,16-17,24,27,29H2,1-3H3,(H,44,47). The van der Waals surface area contributed by atoms with Crippen molar-refractivity contribution in [3.05, 3.63) is 143 Å². The number of nitrogens with one attached hydrogen (secondary N) is 2. The Morgan fingerprint density at radius 1 is 0.771 bits per heavy atom. The van der Waals surface area contributed by atoms with E-state index in [0.29, 0.717) is 29.8 Å². The highest BCUT2D eigenvalue weighted by Gasteiger charge is 2.39. The van der Waals surface area contributed by atoms with Crippen LogP contribution in [0.15, 0.2) is 115 Å². The third kappa shape index (κ3) is 9.24. The van der Waals surface area contributed by atoms with Crippen LogP contribution in [0.5, 0.6) is 0 Å². The maximum absolute atomic E-state index is 14.7. The van der Waals surface area contributed by atoms with Crippen LogP contribution in [0.1, 0.15) is 81.5 Å². The summed E-state index contributed by atoms with van der Waals surface area (Å²) in [5, 5.41) is 11.8. The zero-order chi connectivity index (χ0) is 33.8. The van der Waals surface area contributed by atoms with Gasteiger partial charge in [0.15, 0.2) is 5.60 Å². The molecule has 8 heteroatoms. The lowest BCUT2D eigenvalue weighted by atomic mass is 9.80. The molecule has 1 aromatic heterocycles. The molecular weight excluding hydrogens is 601 g/mol. The number of benzene rings is 4. The van der Waals surface area contributed by atoms with Crippen LogP contribution in [0.3, 0.4) is 0 Å². The molecule has 5 aromatic rings. The van der Waals surface area contributed by atoms with Crippen LogP contribution < -0.4 is 10.8 Å². The van der Waals surface area contributed by atoms with Gasteiger partial charge >= 0.3 is 0 Å². The molecule has 1 amide bonds. The predicted molar refractivity (Wildman–Crippen MR) is 188 cm³/mol. The van der Waals surface area contributed by atoms with Gasteiger partial charge in [0.25, 0.3) is 0 Å². The van der Waals surface area contributed by atoms with Crippen LogP contribution in [0.2, 0.25) is 0 Å². The average Bonchev–Trinajstić information content (AvgIpc) is 3.58. The van der Waals surface area contributed by atoms with Crippen molar-refractivity contribution in [2.24, 2.45) is 0 Å². The summed E-state index contributed by atoms with van der Waals surface area (Å²) in [7, 11) is 0. The molecule has 48 heavy (non-hydrogen) atoms. The van der Waals surface area contributed by atoms with Crippen molar-refractivity contribution in [2.45, 2.75) is 83.5 Å². The molecule has 0 bridgehead atoms. The Labute approximate surface area is 283 Å². The first-order valence-electron chi connectivity index (χ1n) is 16.8. The Kier molecular flexibility index (Phi) is 11.9. The largest absolute Gasteiger partial charge is 0.308 e. The average molecular weight is 648 g/mol. The number of hydrogen-bond acceptors (Lipinski definition) is 5. The summed E-state index contributed by atoms with van der Waals surface area (Å²) in [6, 6.07) is 35.2. The highest BCUT2D eigenvalue weighted by Crippen LogP contribution is 2.39. The summed E-state index contributed by atoms with van der Waals surface area (Å²) in [4.78, 5) is 19.4. The molecule has 0 spiro atoms. The maximum atomic E-state index is 14.7. The molecule has 0 unspecified atom stereocenters. The molecule has 0 aliphatic carbocycles. The van der Waals surface area contributed by atoms with Crippen molar-refractivity contribution in [2.75, 3.05) is 0 Å². The van der Waals surface area contributed by atoms with E-state index in [1.54, 1.807) is 6.07 Å². The molecule has 0 aliphatic heterocycles. The van der Waals surface area contributed by atoms with Gasteiger partial charge in [-0.2, -0.15) is 0 Å². The minimum Gasteiger partial charge on any atom is -0.308 e. The molecule has 0 saturated carbocycles. The van der Waals surface area contributed by atoms with Crippen molar-refractivity contribution in [3.8, 4) is 11.3 Å². The SMILES string of the molecule is CC(C)(C)NCc1ccc(-c2cn(CCCCCCCC(=O)NOC(c3ccccc3)(c3ccccc3)c3ccccc3)nn2)cc1F. The maximum Gasteiger partial charge on any atom is 0.243 e. The Morgan fingerprint density at radius 3 is 1.90 bits per heavy atom. The second-order valence-corrected chi connectivity index (χ2v) is 13.2. The van der Waals surface area contributed by atoms with E-state index in [1.165, 1.54) is 6.07 Å². The van der Waals surface area contributed by atoms with Gasteiger partial charge in [-0.15, -0.1) is 5.10 Å². The van der Waals surface area contributed by atoms with E-state index in [-0.39, 0.29) is 17.3 Å². The summed E-state index contributed by atoms with van der Waals surface area (Å²) in [5.41, 5.74) is 6.50. The van der Waals surface area contributed by atoms with Crippen molar-refractivity contribution in [1.29, 1.82) is 0 Å². The first-order valence-corrected chi connectivity index (χ1v) is 16.8. The van der Waals surface area contributed by atoms with Crippen molar-refractivity contribution < 1.29 is 14.0 Å². The van der Waals surface area contributed by atoms with E-state index in [2.05, 4.69) is 41.9 Å². The number of hydrogen-bond donors (Lipinski definition) is 2. The summed E-state index contributed by atoms with van der Waals surface area (Å²) in [6.07, 6.45) is 6.91.